The number of nitrogens with zero attached hydrogens (tertiary/aromatic N) is 6. The van der Waals surface area contributed by atoms with Gasteiger partial charge in [0.25, 0.3) is 0 Å². The van der Waals surface area contributed by atoms with Crippen molar-refractivity contribution >= 4 is 22.8 Å². The molecular weight excluding hydrogens is 501 g/mol. The summed E-state index contributed by atoms with van der Waals surface area (Å²) in [5.41, 5.74) is 7.96. The summed E-state index contributed by atoms with van der Waals surface area (Å²) in [4.78, 5) is 26.4. The SMILES string of the molecule is C=CC(=O)N1CCCC(n2nc(C#CCOc3cc(OCc4cccnc4)ccc3F)c3c(N)ncnc32)C1. The fourth-order valence-electron chi connectivity index (χ4n) is 4.39. The maximum absolute atomic E-state index is 14.3. The van der Waals surface area contributed by atoms with Gasteiger partial charge in [-0.25, -0.2) is 19.0 Å². The van der Waals surface area contributed by atoms with Gasteiger partial charge >= 0.3 is 0 Å². The number of halogens is 1. The van der Waals surface area contributed by atoms with E-state index >= 15 is 0 Å². The van der Waals surface area contributed by atoms with Crippen LogP contribution < -0.4 is 15.2 Å². The van der Waals surface area contributed by atoms with Gasteiger partial charge in [0, 0.05) is 37.1 Å². The molecule has 1 aliphatic heterocycles. The molecule has 1 amide bonds. The third-order valence-electron chi connectivity index (χ3n) is 6.28. The van der Waals surface area contributed by atoms with E-state index in [1.165, 1.54) is 30.6 Å². The van der Waals surface area contributed by atoms with Gasteiger partial charge in [0.2, 0.25) is 5.91 Å². The zero-order chi connectivity index (χ0) is 27.2. The summed E-state index contributed by atoms with van der Waals surface area (Å²) in [6.07, 6.45) is 7.70. The summed E-state index contributed by atoms with van der Waals surface area (Å²) < 4.78 is 27.4. The Labute approximate surface area is 224 Å². The van der Waals surface area contributed by atoms with Gasteiger partial charge in [-0.1, -0.05) is 18.6 Å². The van der Waals surface area contributed by atoms with Crippen LogP contribution in [0.3, 0.4) is 0 Å². The van der Waals surface area contributed by atoms with Crippen molar-refractivity contribution < 1.29 is 18.7 Å². The van der Waals surface area contributed by atoms with Crippen molar-refractivity contribution in [1.29, 1.82) is 0 Å². The predicted octanol–water partition coefficient (Wildman–Crippen LogP) is 3.30. The van der Waals surface area contributed by atoms with Crippen LogP contribution in [-0.2, 0) is 11.4 Å². The van der Waals surface area contributed by atoms with Gasteiger partial charge in [0.05, 0.1) is 11.4 Å². The number of nitrogen functional groups attached to an aromatic ring is 1. The van der Waals surface area contributed by atoms with Gasteiger partial charge in [-0.3, -0.25) is 9.78 Å². The molecule has 0 spiro atoms. The largest absolute Gasteiger partial charge is 0.489 e. The molecule has 4 heterocycles. The molecule has 0 aliphatic carbocycles. The van der Waals surface area contributed by atoms with E-state index in [1.54, 1.807) is 22.0 Å². The Kier molecular flexibility index (Phi) is 7.63. The molecule has 0 bridgehead atoms. The average molecular weight is 528 g/mol. The van der Waals surface area contributed by atoms with Gasteiger partial charge in [-0.2, -0.15) is 5.10 Å². The summed E-state index contributed by atoms with van der Waals surface area (Å²) in [6, 6.07) is 7.88. The van der Waals surface area contributed by atoms with Crippen LogP contribution in [0.15, 0.2) is 61.7 Å². The van der Waals surface area contributed by atoms with E-state index < -0.39 is 5.82 Å². The first-order chi connectivity index (χ1) is 19.0. The van der Waals surface area contributed by atoms with E-state index in [9.17, 15) is 9.18 Å². The van der Waals surface area contributed by atoms with Crippen LogP contribution in [0.2, 0.25) is 0 Å². The maximum atomic E-state index is 14.3. The molecule has 0 saturated carbocycles. The van der Waals surface area contributed by atoms with E-state index in [0.29, 0.717) is 42.2 Å². The second kappa shape index (κ2) is 11.6. The van der Waals surface area contributed by atoms with E-state index in [-0.39, 0.29) is 30.1 Å². The van der Waals surface area contributed by atoms with Crippen molar-refractivity contribution in [2.75, 3.05) is 25.4 Å². The summed E-state index contributed by atoms with van der Waals surface area (Å²) in [5, 5.41) is 5.19. The molecule has 1 fully saturated rings. The number of hydrogen-bond acceptors (Lipinski definition) is 8. The van der Waals surface area contributed by atoms with Crippen LogP contribution in [-0.4, -0.2) is 55.2 Å². The molecule has 4 aromatic rings. The van der Waals surface area contributed by atoms with E-state index in [0.717, 1.165) is 18.4 Å². The molecule has 11 heteroatoms. The third kappa shape index (κ3) is 5.80. The molecule has 3 aromatic heterocycles. The van der Waals surface area contributed by atoms with Crippen molar-refractivity contribution in [3.63, 3.8) is 0 Å². The van der Waals surface area contributed by atoms with Gasteiger partial charge in [0.15, 0.2) is 17.2 Å². The normalized spacial score (nSPS) is 14.9. The fourth-order valence-corrected chi connectivity index (χ4v) is 4.39. The van der Waals surface area contributed by atoms with E-state index in [4.69, 9.17) is 15.2 Å². The second-order valence-electron chi connectivity index (χ2n) is 8.87. The summed E-state index contributed by atoms with van der Waals surface area (Å²) in [7, 11) is 0. The third-order valence-corrected chi connectivity index (χ3v) is 6.28. The molecule has 2 N–H and O–H groups in total. The number of likely N-dealkylation sites (tertiary alicyclic amines) is 1. The molecule has 5 rings (SSSR count). The molecule has 1 aromatic carbocycles. The number of rotatable bonds is 7. The summed E-state index contributed by atoms with van der Waals surface area (Å²) in [5.74, 6) is 5.89. The Morgan fingerprint density at radius 2 is 2.18 bits per heavy atom. The highest BCUT2D eigenvalue weighted by molar-refractivity contribution is 5.90. The first-order valence-corrected chi connectivity index (χ1v) is 12.4. The number of carbonyl (C=O) groups excluding carboxylic acids is 1. The standard InChI is InChI=1S/C28H26FN7O3/c1-2-25(37)35-12-4-7-20(16-35)36-28-26(27(30)32-18-33-28)23(34-36)8-5-13-38-24-14-21(9-10-22(24)29)39-17-19-6-3-11-31-15-19/h2-3,6,9-11,14-15,18,20H,1,4,7,12-13,16-17H2,(H2,30,32,33). The molecule has 1 unspecified atom stereocenters. The molecule has 10 nitrogen and oxygen atoms in total. The summed E-state index contributed by atoms with van der Waals surface area (Å²) >= 11 is 0. The predicted molar refractivity (Wildman–Crippen MR) is 142 cm³/mol. The molecule has 1 saturated heterocycles. The number of amides is 1. The number of pyridine rings is 1. The van der Waals surface area contributed by atoms with Crippen LogP contribution in [0.25, 0.3) is 11.0 Å². The summed E-state index contributed by atoms with van der Waals surface area (Å²) in [6.45, 7) is 4.90. The highest BCUT2D eigenvalue weighted by atomic mass is 19.1. The zero-order valence-electron chi connectivity index (χ0n) is 21.1. The van der Waals surface area contributed by atoms with Crippen molar-refractivity contribution in [3.8, 4) is 23.3 Å². The number of aromatic nitrogens is 5. The number of nitrogens with two attached hydrogens (primary N) is 1. The lowest BCUT2D eigenvalue weighted by atomic mass is 10.1. The molecular formula is C28H26FN7O3. The average Bonchev–Trinajstić information content (AvgIpc) is 3.35. The number of carbonyl (C=O) groups is 1. The minimum atomic E-state index is -0.533. The molecule has 1 atom stereocenters. The smallest absolute Gasteiger partial charge is 0.246 e. The van der Waals surface area contributed by atoms with E-state index in [1.807, 2.05) is 12.1 Å². The van der Waals surface area contributed by atoms with Crippen LogP contribution in [0.5, 0.6) is 11.5 Å². The van der Waals surface area contributed by atoms with Gasteiger partial charge < -0.3 is 20.1 Å². The van der Waals surface area contributed by atoms with Gasteiger partial charge in [-0.05, 0) is 43.0 Å². The number of anilines is 1. The number of fused-ring (bicyclic) bond motifs is 1. The molecule has 39 heavy (non-hydrogen) atoms. The van der Waals surface area contributed by atoms with Crippen LogP contribution in [0.4, 0.5) is 10.2 Å². The molecule has 1 aliphatic rings. The quantitative estimate of drug-likeness (QED) is 0.287. The maximum Gasteiger partial charge on any atom is 0.246 e. The topological polar surface area (TPSA) is 121 Å². The fraction of sp³-hybridized carbons (Fsp3) is 0.250. The Morgan fingerprint density at radius 1 is 1.28 bits per heavy atom. The monoisotopic (exact) mass is 527 g/mol. The lowest BCUT2D eigenvalue weighted by Gasteiger charge is -2.32. The number of benzene rings is 1. The van der Waals surface area contributed by atoms with Crippen LogP contribution in [0.1, 0.15) is 30.1 Å². The first kappa shape index (κ1) is 25.7. The Hall–Kier alpha value is -4.98. The van der Waals surface area contributed by atoms with Crippen molar-refractivity contribution in [2.45, 2.75) is 25.5 Å². The first-order valence-electron chi connectivity index (χ1n) is 12.4. The van der Waals surface area contributed by atoms with Crippen LogP contribution in [0, 0.1) is 17.7 Å². The molecule has 198 valence electrons. The van der Waals surface area contributed by atoms with Crippen molar-refractivity contribution in [3.05, 3.63) is 78.8 Å². The number of piperidine rings is 1. The highest BCUT2D eigenvalue weighted by Crippen LogP contribution is 2.28. The minimum absolute atomic E-state index is 0.0143. The van der Waals surface area contributed by atoms with Gasteiger partial charge in [-0.15, -0.1) is 0 Å². The molecule has 0 radical (unpaired) electrons. The number of hydrogen-bond donors (Lipinski definition) is 1. The lowest BCUT2D eigenvalue weighted by Crippen LogP contribution is -2.40. The van der Waals surface area contributed by atoms with Gasteiger partial charge in [0.1, 0.15) is 36.8 Å². The van der Waals surface area contributed by atoms with Crippen molar-refractivity contribution in [1.82, 2.24) is 29.6 Å². The Bertz CT molecular complexity index is 1560. The minimum Gasteiger partial charge on any atom is -0.489 e. The number of ether oxygens (including phenoxy) is 2. The van der Waals surface area contributed by atoms with E-state index in [2.05, 4.69) is 38.5 Å². The highest BCUT2D eigenvalue weighted by Gasteiger charge is 2.27. The Balaban J connectivity index is 1.31. The Morgan fingerprint density at radius 3 is 3.00 bits per heavy atom. The van der Waals surface area contributed by atoms with Crippen molar-refractivity contribution in [2.24, 2.45) is 0 Å². The lowest BCUT2D eigenvalue weighted by molar-refractivity contribution is -0.127. The zero-order valence-corrected chi connectivity index (χ0v) is 21.1. The second-order valence-corrected chi connectivity index (χ2v) is 8.87. The van der Waals surface area contributed by atoms with Crippen LogP contribution >= 0.6 is 0 Å².